The highest BCUT2D eigenvalue weighted by molar-refractivity contribution is 5.82. The number of amides is 1. The smallest absolute Gasteiger partial charge is 0.237 e. The van der Waals surface area contributed by atoms with Gasteiger partial charge in [0.2, 0.25) is 5.91 Å². The summed E-state index contributed by atoms with van der Waals surface area (Å²) in [6, 6.07) is 0.478. The average Bonchev–Trinajstić information content (AvgIpc) is 3.13. The molecule has 1 amide bonds. The van der Waals surface area contributed by atoms with Crippen molar-refractivity contribution in [2.45, 2.75) is 64.0 Å². The highest BCUT2D eigenvalue weighted by Gasteiger charge is 2.27. The lowest BCUT2D eigenvalue weighted by Gasteiger charge is -2.25. The Morgan fingerprint density at radius 1 is 1.38 bits per heavy atom. The molecule has 3 heteroatoms. The standard InChI is InChI=1S/C13H24N2O/c1-2-11(9-10-6-7-10)15-13(16)12-5-3-4-8-14-12/h10-12,14H,2-9H2,1H3,(H,15,16)/t11?,12-/m1/s1. The molecule has 1 unspecified atom stereocenters. The first-order valence-corrected chi connectivity index (χ1v) is 6.83. The van der Waals surface area contributed by atoms with Crippen molar-refractivity contribution in [3.63, 3.8) is 0 Å². The van der Waals surface area contributed by atoms with Crippen LogP contribution in [0.4, 0.5) is 0 Å². The predicted octanol–water partition coefficient (Wildman–Crippen LogP) is 1.82. The van der Waals surface area contributed by atoms with Crippen LogP contribution in [0.15, 0.2) is 0 Å². The van der Waals surface area contributed by atoms with Crippen LogP contribution >= 0.6 is 0 Å². The molecule has 1 aliphatic heterocycles. The summed E-state index contributed by atoms with van der Waals surface area (Å²) in [6.07, 6.45) is 8.39. The summed E-state index contributed by atoms with van der Waals surface area (Å²) in [7, 11) is 0. The highest BCUT2D eigenvalue weighted by Crippen LogP contribution is 2.34. The first-order chi connectivity index (χ1) is 7.79. The second-order valence-corrected chi connectivity index (χ2v) is 5.30. The van der Waals surface area contributed by atoms with E-state index in [0.29, 0.717) is 6.04 Å². The Morgan fingerprint density at radius 2 is 2.19 bits per heavy atom. The van der Waals surface area contributed by atoms with Crippen molar-refractivity contribution in [3.8, 4) is 0 Å². The lowest BCUT2D eigenvalue weighted by atomic mass is 10.0. The Morgan fingerprint density at radius 3 is 2.75 bits per heavy atom. The van der Waals surface area contributed by atoms with Crippen LogP contribution in [0.3, 0.4) is 0 Å². The van der Waals surface area contributed by atoms with Gasteiger partial charge in [-0.1, -0.05) is 26.2 Å². The molecule has 0 radical (unpaired) electrons. The minimum Gasteiger partial charge on any atom is -0.352 e. The molecule has 0 bridgehead atoms. The fraction of sp³-hybridized carbons (Fsp3) is 0.923. The topological polar surface area (TPSA) is 41.1 Å². The third-order valence-corrected chi connectivity index (χ3v) is 3.78. The van der Waals surface area contributed by atoms with E-state index in [-0.39, 0.29) is 11.9 Å². The van der Waals surface area contributed by atoms with E-state index in [9.17, 15) is 4.79 Å². The first-order valence-electron chi connectivity index (χ1n) is 6.83. The second-order valence-electron chi connectivity index (χ2n) is 5.30. The molecule has 2 atom stereocenters. The average molecular weight is 224 g/mol. The number of hydrogen-bond donors (Lipinski definition) is 2. The molecule has 3 nitrogen and oxygen atoms in total. The van der Waals surface area contributed by atoms with E-state index < -0.39 is 0 Å². The third-order valence-electron chi connectivity index (χ3n) is 3.78. The number of nitrogens with one attached hydrogen (secondary N) is 2. The molecule has 1 saturated carbocycles. The predicted molar refractivity (Wildman–Crippen MR) is 65.2 cm³/mol. The van der Waals surface area contributed by atoms with Crippen LogP contribution in [0.2, 0.25) is 0 Å². The van der Waals surface area contributed by atoms with Crippen LogP contribution in [0.25, 0.3) is 0 Å². The minimum atomic E-state index is 0.0713. The van der Waals surface area contributed by atoms with E-state index in [1.807, 2.05) is 0 Å². The molecule has 1 saturated heterocycles. The van der Waals surface area contributed by atoms with Crippen molar-refractivity contribution in [2.75, 3.05) is 6.54 Å². The number of carbonyl (C=O) groups excluding carboxylic acids is 1. The molecule has 2 aliphatic rings. The summed E-state index contributed by atoms with van der Waals surface area (Å²) < 4.78 is 0. The SMILES string of the molecule is CCC(CC1CC1)NC(=O)[C@H]1CCCCN1. The van der Waals surface area contributed by atoms with Crippen molar-refractivity contribution in [3.05, 3.63) is 0 Å². The first kappa shape index (κ1) is 11.9. The maximum Gasteiger partial charge on any atom is 0.237 e. The Hall–Kier alpha value is -0.570. The van der Waals surface area contributed by atoms with Gasteiger partial charge in [0.05, 0.1) is 6.04 Å². The fourth-order valence-corrected chi connectivity index (χ4v) is 2.46. The number of hydrogen-bond acceptors (Lipinski definition) is 2. The van der Waals surface area contributed by atoms with E-state index in [1.165, 1.54) is 32.1 Å². The van der Waals surface area contributed by atoms with Gasteiger partial charge in [0.1, 0.15) is 0 Å². The molecule has 2 fully saturated rings. The highest BCUT2D eigenvalue weighted by atomic mass is 16.2. The monoisotopic (exact) mass is 224 g/mol. The van der Waals surface area contributed by atoms with Crippen LogP contribution in [0, 0.1) is 5.92 Å². The van der Waals surface area contributed by atoms with E-state index in [1.54, 1.807) is 0 Å². The summed E-state index contributed by atoms with van der Waals surface area (Å²) in [5, 5.41) is 6.51. The Balaban J connectivity index is 1.74. The molecular weight excluding hydrogens is 200 g/mol. The third kappa shape index (κ3) is 3.48. The summed E-state index contributed by atoms with van der Waals surface area (Å²) in [5.41, 5.74) is 0. The molecular formula is C13H24N2O. The number of rotatable bonds is 5. The zero-order chi connectivity index (χ0) is 11.4. The van der Waals surface area contributed by atoms with E-state index >= 15 is 0 Å². The van der Waals surface area contributed by atoms with Crippen molar-refractivity contribution in [2.24, 2.45) is 5.92 Å². The molecule has 16 heavy (non-hydrogen) atoms. The van der Waals surface area contributed by atoms with Gasteiger partial charge in [0.15, 0.2) is 0 Å². The number of piperidine rings is 1. The summed E-state index contributed by atoms with van der Waals surface area (Å²) in [5.74, 6) is 1.12. The molecule has 2 N–H and O–H groups in total. The van der Waals surface area contributed by atoms with Gasteiger partial charge in [-0.15, -0.1) is 0 Å². The van der Waals surface area contributed by atoms with Gasteiger partial charge in [0, 0.05) is 6.04 Å². The molecule has 1 heterocycles. The molecule has 0 aromatic heterocycles. The van der Waals surface area contributed by atoms with Crippen molar-refractivity contribution in [1.29, 1.82) is 0 Å². The van der Waals surface area contributed by atoms with E-state index in [2.05, 4.69) is 17.6 Å². The Labute approximate surface area is 98.4 Å². The zero-order valence-corrected chi connectivity index (χ0v) is 10.3. The molecule has 92 valence electrons. The summed E-state index contributed by atoms with van der Waals surface area (Å²) in [4.78, 5) is 12.0. The van der Waals surface area contributed by atoms with Crippen LogP contribution in [-0.2, 0) is 4.79 Å². The summed E-state index contributed by atoms with van der Waals surface area (Å²) in [6.45, 7) is 3.17. The van der Waals surface area contributed by atoms with Gasteiger partial charge in [-0.3, -0.25) is 4.79 Å². The molecule has 1 aliphatic carbocycles. The van der Waals surface area contributed by atoms with E-state index in [4.69, 9.17) is 0 Å². The van der Waals surface area contributed by atoms with Gasteiger partial charge in [0.25, 0.3) is 0 Å². The van der Waals surface area contributed by atoms with Crippen molar-refractivity contribution in [1.82, 2.24) is 10.6 Å². The Bertz CT molecular complexity index is 232. The van der Waals surface area contributed by atoms with Gasteiger partial charge >= 0.3 is 0 Å². The van der Waals surface area contributed by atoms with Gasteiger partial charge < -0.3 is 10.6 Å². The van der Waals surface area contributed by atoms with E-state index in [0.717, 1.165) is 25.3 Å². The molecule has 0 aromatic rings. The summed E-state index contributed by atoms with van der Waals surface area (Å²) >= 11 is 0. The maximum atomic E-state index is 12.0. The van der Waals surface area contributed by atoms with Crippen LogP contribution in [-0.4, -0.2) is 24.5 Å². The van der Waals surface area contributed by atoms with Crippen molar-refractivity contribution >= 4 is 5.91 Å². The maximum absolute atomic E-state index is 12.0. The zero-order valence-electron chi connectivity index (χ0n) is 10.3. The fourth-order valence-electron chi connectivity index (χ4n) is 2.46. The second kappa shape index (κ2) is 5.67. The largest absolute Gasteiger partial charge is 0.352 e. The normalized spacial score (nSPS) is 27.4. The van der Waals surface area contributed by atoms with Crippen LogP contribution in [0.1, 0.15) is 51.9 Å². The van der Waals surface area contributed by atoms with Gasteiger partial charge in [-0.25, -0.2) is 0 Å². The Kier molecular flexibility index (Phi) is 4.22. The lowest BCUT2D eigenvalue weighted by Crippen LogP contribution is -2.49. The van der Waals surface area contributed by atoms with Gasteiger partial charge in [-0.2, -0.15) is 0 Å². The van der Waals surface area contributed by atoms with Gasteiger partial charge in [-0.05, 0) is 38.1 Å². The van der Waals surface area contributed by atoms with Crippen molar-refractivity contribution < 1.29 is 4.79 Å². The molecule has 2 rings (SSSR count). The number of carbonyl (C=O) groups is 1. The quantitative estimate of drug-likeness (QED) is 0.748. The van der Waals surface area contributed by atoms with Crippen LogP contribution < -0.4 is 10.6 Å². The molecule has 0 aromatic carbocycles. The minimum absolute atomic E-state index is 0.0713. The molecule has 0 spiro atoms. The van der Waals surface area contributed by atoms with Crippen LogP contribution in [0.5, 0.6) is 0 Å². The lowest BCUT2D eigenvalue weighted by molar-refractivity contribution is -0.124.